The molecule has 0 unspecified atom stereocenters. The van der Waals surface area contributed by atoms with Crippen LogP contribution in [0, 0.1) is 0 Å². The Kier molecular flexibility index (Phi) is 12.0. The van der Waals surface area contributed by atoms with E-state index in [1.54, 1.807) is 48.5 Å². The van der Waals surface area contributed by atoms with E-state index in [0.717, 1.165) is 36.4 Å². The van der Waals surface area contributed by atoms with Crippen LogP contribution in [-0.4, -0.2) is 58.0 Å². The fourth-order valence-corrected chi connectivity index (χ4v) is 7.28. The van der Waals surface area contributed by atoms with Crippen LogP contribution in [0.25, 0.3) is 0 Å². The molecule has 12 heteroatoms. The molecule has 1 atom stereocenters. The molecule has 1 aliphatic carbocycles. The Labute approximate surface area is 275 Å². The Morgan fingerprint density at radius 2 is 1.60 bits per heavy atom. The number of halogens is 2. The van der Waals surface area contributed by atoms with E-state index in [1.807, 2.05) is 6.92 Å². The molecule has 1 N–H and O–H groups in total. The fraction of sp³-hybridized carbons (Fsp3) is 0.394. The molecule has 0 radical (unpaired) electrons. The number of sulfonamides is 1. The lowest BCUT2D eigenvalue weighted by molar-refractivity contribution is -0.140. The van der Waals surface area contributed by atoms with E-state index < -0.39 is 28.5 Å². The lowest BCUT2D eigenvalue weighted by Gasteiger charge is -2.34. The van der Waals surface area contributed by atoms with E-state index in [1.165, 1.54) is 37.3 Å². The van der Waals surface area contributed by atoms with Gasteiger partial charge in [0, 0.05) is 18.7 Å². The fourth-order valence-electron chi connectivity index (χ4n) is 5.53. The maximum absolute atomic E-state index is 14.3. The van der Waals surface area contributed by atoms with Gasteiger partial charge in [0.1, 0.15) is 12.6 Å². The van der Waals surface area contributed by atoms with E-state index in [2.05, 4.69) is 5.32 Å². The first-order chi connectivity index (χ1) is 21.6. The zero-order valence-corrected chi connectivity index (χ0v) is 28.0. The molecule has 0 aromatic heterocycles. The van der Waals surface area contributed by atoms with E-state index in [-0.39, 0.29) is 34.8 Å². The molecule has 3 aromatic carbocycles. The number of amides is 2. The number of anilines is 1. The summed E-state index contributed by atoms with van der Waals surface area (Å²) in [4.78, 5) is 29.4. The number of rotatable bonds is 13. The van der Waals surface area contributed by atoms with Crippen molar-refractivity contribution < 1.29 is 27.5 Å². The number of hydrogen-bond acceptors (Lipinski definition) is 6. The van der Waals surface area contributed by atoms with Gasteiger partial charge in [-0.25, -0.2) is 8.42 Å². The van der Waals surface area contributed by atoms with Crippen LogP contribution in [0.5, 0.6) is 11.5 Å². The SMILES string of the molecule is CC[C@H](C(=O)NC1CCCCC1)N(Cc1ccc(Cl)c(Cl)c1)C(=O)CN(c1ccccc1)S(=O)(=O)c1ccc(OC)c(OC)c1. The third-order valence-corrected chi connectivity index (χ3v) is 10.4. The van der Waals surface area contributed by atoms with Crippen molar-refractivity contribution in [1.29, 1.82) is 0 Å². The molecule has 0 aliphatic heterocycles. The number of ether oxygens (including phenoxy) is 2. The summed E-state index contributed by atoms with van der Waals surface area (Å²) in [7, 11) is -1.42. The maximum atomic E-state index is 14.3. The van der Waals surface area contributed by atoms with Crippen LogP contribution in [0.3, 0.4) is 0 Å². The van der Waals surface area contributed by atoms with Gasteiger partial charge >= 0.3 is 0 Å². The van der Waals surface area contributed by atoms with Crippen molar-refractivity contribution in [2.24, 2.45) is 0 Å². The molecule has 0 saturated heterocycles. The standard InChI is InChI=1S/C33H39Cl2N3O6S/c1-4-29(33(40)36-24-11-7-5-8-12-24)37(21-23-15-17-27(34)28(35)19-23)32(39)22-38(25-13-9-6-10-14-25)45(41,42)26-16-18-30(43-2)31(20-26)44-3/h6,9-10,13-20,24,29H,4-5,7-8,11-12,21-22H2,1-3H3,(H,36,40)/t29-/m1/s1. The van der Waals surface area contributed by atoms with Gasteiger partial charge in [-0.1, -0.05) is 73.7 Å². The molecule has 3 aromatic rings. The van der Waals surface area contributed by atoms with Gasteiger partial charge in [0.05, 0.1) is 34.8 Å². The van der Waals surface area contributed by atoms with Crippen molar-refractivity contribution in [2.75, 3.05) is 25.1 Å². The highest BCUT2D eigenvalue weighted by Gasteiger charge is 2.35. The van der Waals surface area contributed by atoms with Gasteiger partial charge in [0.15, 0.2) is 11.5 Å². The summed E-state index contributed by atoms with van der Waals surface area (Å²) in [6.07, 6.45) is 5.29. The van der Waals surface area contributed by atoms with Gasteiger partial charge in [0.25, 0.3) is 10.0 Å². The minimum absolute atomic E-state index is 0.0192. The normalized spacial score (nSPS) is 14.3. The van der Waals surface area contributed by atoms with Gasteiger partial charge in [-0.05, 0) is 61.2 Å². The minimum atomic E-state index is -4.29. The smallest absolute Gasteiger partial charge is 0.264 e. The van der Waals surface area contributed by atoms with Gasteiger partial charge in [-0.3, -0.25) is 13.9 Å². The third-order valence-electron chi connectivity index (χ3n) is 7.94. The minimum Gasteiger partial charge on any atom is -0.493 e. The number of carbonyl (C=O) groups excluding carboxylic acids is 2. The predicted octanol–water partition coefficient (Wildman–Crippen LogP) is 6.46. The molecule has 4 rings (SSSR count). The summed E-state index contributed by atoms with van der Waals surface area (Å²) in [5.74, 6) is -0.239. The number of benzene rings is 3. The Morgan fingerprint density at radius 1 is 0.911 bits per heavy atom. The van der Waals surface area contributed by atoms with Gasteiger partial charge < -0.3 is 19.7 Å². The van der Waals surface area contributed by atoms with E-state index >= 15 is 0 Å². The molecule has 45 heavy (non-hydrogen) atoms. The summed E-state index contributed by atoms with van der Waals surface area (Å²) in [5, 5.41) is 3.80. The zero-order chi connectivity index (χ0) is 32.6. The summed E-state index contributed by atoms with van der Waals surface area (Å²) >= 11 is 12.4. The molecule has 0 heterocycles. The number of carbonyl (C=O) groups is 2. The Morgan fingerprint density at radius 3 is 2.22 bits per heavy atom. The molecule has 9 nitrogen and oxygen atoms in total. The second-order valence-electron chi connectivity index (χ2n) is 10.9. The molecule has 1 saturated carbocycles. The quantitative estimate of drug-likeness (QED) is 0.223. The van der Waals surface area contributed by atoms with Gasteiger partial charge in [-0.2, -0.15) is 0 Å². The highest BCUT2D eigenvalue weighted by molar-refractivity contribution is 7.92. The average Bonchev–Trinajstić information content (AvgIpc) is 3.05. The third kappa shape index (κ3) is 8.42. The van der Waals surface area contributed by atoms with Crippen LogP contribution < -0.4 is 19.1 Å². The van der Waals surface area contributed by atoms with Gasteiger partial charge in [0.2, 0.25) is 11.8 Å². The monoisotopic (exact) mass is 675 g/mol. The van der Waals surface area contributed by atoms with Crippen LogP contribution >= 0.6 is 23.2 Å². The van der Waals surface area contributed by atoms with Crippen molar-refractivity contribution in [2.45, 2.75) is 69.0 Å². The highest BCUT2D eigenvalue weighted by Crippen LogP contribution is 2.32. The lowest BCUT2D eigenvalue weighted by atomic mass is 9.95. The Balaban J connectivity index is 1.73. The van der Waals surface area contributed by atoms with Crippen LogP contribution in [0.4, 0.5) is 5.69 Å². The van der Waals surface area contributed by atoms with Crippen LogP contribution in [0.2, 0.25) is 10.0 Å². The van der Waals surface area contributed by atoms with Crippen molar-refractivity contribution >= 4 is 50.7 Å². The topological polar surface area (TPSA) is 105 Å². The summed E-state index contributed by atoms with van der Waals surface area (Å²) in [6.45, 7) is 1.29. The molecule has 2 amide bonds. The molecule has 242 valence electrons. The molecule has 1 aliphatic rings. The first-order valence-corrected chi connectivity index (χ1v) is 17.1. The first kappa shape index (κ1) is 34.4. The first-order valence-electron chi connectivity index (χ1n) is 14.9. The summed E-state index contributed by atoms with van der Waals surface area (Å²) in [6, 6.07) is 16.8. The largest absolute Gasteiger partial charge is 0.493 e. The highest BCUT2D eigenvalue weighted by atomic mass is 35.5. The van der Waals surface area contributed by atoms with Crippen LogP contribution in [-0.2, 0) is 26.2 Å². The van der Waals surface area contributed by atoms with Gasteiger partial charge in [-0.15, -0.1) is 0 Å². The van der Waals surface area contributed by atoms with Crippen molar-refractivity contribution in [3.63, 3.8) is 0 Å². The summed E-state index contributed by atoms with van der Waals surface area (Å²) in [5.41, 5.74) is 0.936. The Bertz CT molecular complexity index is 1580. The van der Waals surface area contributed by atoms with Crippen LogP contribution in [0.1, 0.15) is 51.0 Å². The maximum Gasteiger partial charge on any atom is 0.264 e. The molecule has 1 fully saturated rings. The number of nitrogens with zero attached hydrogens (tertiary/aromatic N) is 2. The van der Waals surface area contributed by atoms with E-state index in [0.29, 0.717) is 27.8 Å². The molecule has 0 spiro atoms. The number of hydrogen-bond donors (Lipinski definition) is 1. The number of methoxy groups -OCH3 is 2. The van der Waals surface area contributed by atoms with Crippen LogP contribution in [0.15, 0.2) is 71.6 Å². The molecule has 0 bridgehead atoms. The van der Waals surface area contributed by atoms with Crippen molar-refractivity contribution in [3.05, 3.63) is 82.3 Å². The number of nitrogens with one attached hydrogen (secondary N) is 1. The summed E-state index contributed by atoms with van der Waals surface area (Å²) < 4.78 is 40.0. The van der Waals surface area contributed by atoms with Crippen molar-refractivity contribution in [3.8, 4) is 11.5 Å². The Hall–Kier alpha value is -3.47. The predicted molar refractivity (Wildman–Crippen MR) is 177 cm³/mol. The lowest BCUT2D eigenvalue weighted by Crippen LogP contribution is -2.54. The second-order valence-corrected chi connectivity index (χ2v) is 13.6. The average molecular weight is 677 g/mol. The number of para-hydroxylation sites is 1. The van der Waals surface area contributed by atoms with Crippen molar-refractivity contribution in [1.82, 2.24) is 10.2 Å². The zero-order valence-electron chi connectivity index (χ0n) is 25.7. The molecular formula is C33H39Cl2N3O6S. The van der Waals surface area contributed by atoms with E-state index in [9.17, 15) is 18.0 Å². The van der Waals surface area contributed by atoms with E-state index in [4.69, 9.17) is 32.7 Å². The second kappa shape index (κ2) is 15.7. The molecular weight excluding hydrogens is 637 g/mol.